The standard InChI is InChI=1S/C24H29N5O3S/c1-19-6-2-3-7-20(19)17-27-22-14-21(24(30)26-9-13-28-12-8-25-18-28)15-23(16-22)33(31,32)29-10-4-5-11-29/h2-3,6-8,12,14-16,18,27H,4-5,9-11,13,17H2,1H3,(H,26,30). The summed E-state index contributed by atoms with van der Waals surface area (Å²) in [5.74, 6) is -0.312. The van der Waals surface area contributed by atoms with Crippen LogP contribution in [0.5, 0.6) is 0 Å². The highest BCUT2D eigenvalue weighted by molar-refractivity contribution is 7.89. The van der Waals surface area contributed by atoms with Crippen LogP contribution in [0.15, 0.2) is 66.1 Å². The van der Waals surface area contributed by atoms with E-state index in [0.29, 0.717) is 44.0 Å². The Kier molecular flexibility index (Phi) is 7.10. The van der Waals surface area contributed by atoms with Crippen molar-refractivity contribution in [3.05, 3.63) is 77.9 Å². The molecule has 0 radical (unpaired) electrons. The van der Waals surface area contributed by atoms with E-state index in [1.807, 2.05) is 42.0 Å². The van der Waals surface area contributed by atoms with Gasteiger partial charge in [0.15, 0.2) is 0 Å². The van der Waals surface area contributed by atoms with Crippen molar-refractivity contribution in [1.82, 2.24) is 19.2 Å². The summed E-state index contributed by atoms with van der Waals surface area (Å²) in [6, 6.07) is 12.8. The number of nitrogens with zero attached hydrogens (tertiary/aromatic N) is 3. The Bertz CT molecular complexity index is 1200. The minimum absolute atomic E-state index is 0.138. The molecule has 2 N–H and O–H groups in total. The Labute approximate surface area is 194 Å². The molecule has 0 spiro atoms. The van der Waals surface area contributed by atoms with Crippen molar-refractivity contribution in [2.45, 2.75) is 37.8 Å². The number of aromatic nitrogens is 2. The second kappa shape index (κ2) is 10.2. The van der Waals surface area contributed by atoms with Gasteiger partial charge in [-0.2, -0.15) is 4.31 Å². The van der Waals surface area contributed by atoms with Crippen molar-refractivity contribution < 1.29 is 13.2 Å². The highest BCUT2D eigenvalue weighted by Gasteiger charge is 2.28. The minimum Gasteiger partial charge on any atom is -0.381 e. The smallest absolute Gasteiger partial charge is 0.251 e. The average molecular weight is 468 g/mol. The van der Waals surface area contributed by atoms with Crippen LogP contribution in [0.4, 0.5) is 5.69 Å². The largest absolute Gasteiger partial charge is 0.381 e. The molecule has 2 aromatic carbocycles. The van der Waals surface area contributed by atoms with Gasteiger partial charge >= 0.3 is 0 Å². The summed E-state index contributed by atoms with van der Waals surface area (Å²) < 4.78 is 29.8. The molecule has 1 fully saturated rings. The second-order valence-corrected chi connectivity index (χ2v) is 10.1. The molecule has 174 valence electrons. The van der Waals surface area contributed by atoms with Crippen molar-refractivity contribution >= 4 is 21.6 Å². The van der Waals surface area contributed by atoms with Crippen molar-refractivity contribution in [3.63, 3.8) is 0 Å². The number of benzene rings is 2. The number of carbonyl (C=O) groups is 1. The van der Waals surface area contributed by atoms with Crippen LogP contribution in [0, 0.1) is 6.92 Å². The predicted octanol–water partition coefficient (Wildman–Crippen LogP) is 3.02. The second-order valence-electron chi connectivity index (χ2n) is 8.19. The normalized spacial score (nSPS) is 14.3. The van der Waals surface area contributed by atoms with E-state index in [-0.39, 0.29) is 10.8 Å². The minimum atomic E-state index is -3.66. The van der Waals surface area contributed by atoms with Crippen molar-refractivity contribution in [1.29, 1.82) is 0 Å². The van der Waals surface area contributed by atoms with Crippen molar-refractivity contribution in [3.8, 4) is 0 Å². The van der Waals surface area contributed by atoms with E-state index in [1.165, 1.54) is 10.4 Å². The van der Waals surface area contributed by atoms with Crippen LogP contribution in [-0.2, 0) is 23.1 Å². The van der Waals surface area contributed by atoms with Gasteiger partial charge in [-0.15, -0.1) is 0 Å². The molecule has 1 saturated heterocycles. The number of anilines is 1. The number of hydrogen-bond acceptors (Lipinski definition) is 5. The maximum atomic E-state index is 13.2. The summed E-state index contributed by atoms with van der Waals surface area (Å²) in [5, 5.41) is 6.18. The molecule has 33 heavy (non-hydrogen) atoms. The molecule has 3 aromatic rings. The maximum Gasteiger partial charge on any atom is 0.251 e. The number of sulfonamides is 1. The summed E-state index contributed by atoms with van der Waals surface area (Å²) in [7, 11) is -3.66. The van der Waals surface area contributed by atoms with Gasteiger partial charge in [0.25, 0.3) is 5.91 Å². The van der Waals surface area contributed by atoms with Gasteiger partial charge in [0, 0.05) is 56.4 Å². The lowest BCUT2D eigenvalue weighted by atomic mass is 10.1. The lowest BCUT2D eigenvalue weighted by Crippen LogP contribution is -2.29. The van der Waals surface area contributed by atoms with E-state index in [1.54, 1.807) is 24.7 Å². The van der Waals surface area contributed by atoms with Gasteiger partial charge in [0.1, 0.15) is 0 Å². The number of rotatable bonds is 9. The van der Waals surface area contributed by atoms with E-state index < -0.39 is 10.0 Å². The first-order chi connectivity index (χ1) is 15.9. The molecular weight excluding hydrogens is 438 g/mol. The van der Waals surface area contributed by atoms with Crippen LogP contribution in [-0.4, -0.2) is 47.8 Å². The Morgan fingerprint density at radius 2 is 1.91 bits per heavy atom. The fourth-order valence-electron chi connectivity index (χ4n) is 3.88. The first-order valence-electron chi connectivity index (χ1n) is 11.1. The van der Waals surface area contributed by atoms with E-state index in [4.69, 9.17) is 0 Å². The van der Waals surface area contributed by atoms with Crippen LogP contribution in [0.2, 0.25) is 0 Å². The van der Waals surface area contributed by atoms with Crippen LogP contribution in [0.1, 0.15) is 34.3 Å². The molecule has 1 aliphatic heterocycles. The van der Waals surface area contributed by atoms with Gasteiger partial charge in [-0.05, 0) is 49.1 Å². The van der Waals surface area contributed by atoms with E-state index in [0.717, 1.165) is 24.0 Å². The molecule has 0 aliphatic carbocycles. The molecule has 0 bridgehead atoms. The number of carbonyl (C=O) groups excluding carboxylic acids is 1. The van der Waals surface area contributed by atoms with Gasteiger partial charge < -0.3 is 15.2 Å². The Morgan fingerprint density at radius 1 is 1.12 bits per heavy atom. The number of hydrogen-bond donors (Lipinski definition) is 2. The highest BCUT2D eigenvalue weighted by Crippen LogP contribution is 2.25. The molecule has 1 aromatic heterocycles. The maximum absolute atomic E-state index is 13.2. The fraction of sp³-hybridized carbons (Fsp3) is 0.333. The van der Waals surface area contributed by atoms with Gasteiger partial charge in [-0.1, -0.05) is 24.3 Å². The zero-order valence-electron chi connectivity index (χ0n) is 18.7. The molecule has 0 saturated carbocycles. The summed E-state index contributed by atoms with van der Waals surface area (Å²) in [6.07, 6.45) is 6.89. The Hall–Kier alpha value is -3.17. The average Bonchev–Trinajstić information content (AvgIpc) is 3.53. The van der Waals surface area contributed by atoms with Crippen molar-refractivity contribution in [2.75, 3.05) is 25.0 Å². The number of aryl methyl sites for hydroxylation is 1. The van der Waals surface area contributed by atoms with Gasteiger partial charge in [-0.25, -0.2) is 13.4 Å². The molecule has 1 amide bonds. The Balaban J connectivity index is 1.56. The zero-order chi connectivity index (χ0) is 23.3. The third kappa shape index (κ3) is 5.61. The number of nitrogens with one attached hydrogen (secondary N) is 2. The van der Waals surface area contributed by atoms with Crippen LogP contribution in [0.25, 0.3) is 0 Å². The zero-order valence-corrected chi connectivity index (χ0v) is 19.5. The van der Waals surface area contributed by atoms with Gasteiger partial charge in [0.05, 0.1) is 11.2 Å². The molecule has 1 aliphatic rings. The number of imidazole rings is 1. The summed E-state index contributed by atoms with van der Waals surface area (Å²) in [4.78, 5) is 17.0. The van der Waals surface area contributed by atoms with E-state index in [9.17, 15) is 13.2 Å². The quantitative estimate of drug-likeness (QED) is 0.504. The molecule has 2 heterocycles. The topological polar surface area (TPSA) is 96.3 Å². The SMILES string of the molecule is Cc1ccccc1CNc1cc(C(=O)NCCn2ccnc2)cc(S(=O)(=O)N2CCCC2)c1. The molecule has 4 rings (SSSR count). The Morgan fingerprint density at radius 3 is 2.64 bits per heavy atom. The first kappa shape index (κ1) is 23.0. The fourth-order valence-corrected chi connectivity index (χ4v) is 5.47. The lowest BCUT2D eigenvalue weighted by molar-refractivity contribution is 0.0952. The van der Waals surface area contributed by atoms with E-state index in [2.05, 4.69) is 15.6 Å². The molecule has 9 heteroatoms. The summed E-state index contributed by atoms with van der Waals surface area (Å²) >= 11 is 0. The molecule has 0 unspecified atom stereocenters. The van der Waals surface area contributed by atoms with Gasteiger partial charge in [-0.3, -0.25) is 4.79 Å². The lowest BCUT2D eigenvalue weighted by Gasteiger charge is -2.18. The van der Waals surface area contributed by atoms with Gasteiger partial charge in [0.2, 0.25) is 10.0 Å². The molecule has 8 nitrogen and oxygen atoms in total. The van der Waals surface area contributed by atoms with Crippen LogP contribution >= 0.6 is 0 Å². The summed E-state index contributed by atoms with van der Waals surface area (Å²) in [6.45, 7) is 4.57. The number of amides is 1. The third-order valence-electron chi connectivity index (χ3n) is 5.83. The third-order valence-corrected chi connectivity index (χ3v) is 7.71. The van der Waals surface area contributed by atoms with E-state index >= 15 is 0 Å². The summed E-state index contributed by atoms with van der Waals surface area (Å²) in [5.41, 5.74) is 3.16. The first-order valence-corrected chi connectivity index (χ1v) is 12.5. The van der Waals surface area contributed by atoms with Crippen LogP contribution in [0.3, 0.4) is 0 Å². The van der Waals surface area contributed by atoms with Crippen LogP contribution < -0.4 is 10.6 Å². The van der Waals surface area contributed by atoms with Crippen molar-refractivity contribution in [2.24, 2.45) is 0 Å². The predicted molar refractivity (Wildman–Crippen MR) is 128 cm³/mol. The highest BCUT2D eigenvalue weighted by atomic mass is 32.2. The molecule has 0 atom stereocenters. The monoisotopic (exact) mass is 467 g/mol. The molecular formula is C24H29N5O3S.